The van der Waals surface area contributed by atoms with Gasteiger partial charge in [-0.2, -0.15) is 0 Å². The first kappa shape index (κ1) is 14.6. The summed E-state index contributed by atoms with van der Waals surface area (Å²) in [5.74, 6) is -0.0678. The molecule has 0 spiro atoms. The Labute approximate surface area is 110 Å². The number of rotatable bonds is 5. The summed E-state index contributed by atoms with van der Waals surface area (Å²) in [5.41, 5.74) is 7.92. The van der Waals surface area contributed by atoms with E-state index in [0.29, 0.717) is 11.3 Å². The van der Waals surface area contributed by atoms with Crippen molar-refractivity contribution in [3.05, 3.63) is 29.3 Å². The van der Waals surface area contributed by atoms with Crippen molar-refractivity contribution in [3.63, 3.8) is 0 Å². The Bertz CT molecular complexity index is 414. The highest BCUT2D eigenvalue weighted by molar-refractivity contribution is 5.99. The number of nitrogens with one attached hydrogen (secondary N) is 1. The molecule has 3 heteroatoms. The summed E-state index contributed by atoms with van der Waals surface area (Å²) < 4.78 is 0. The van der Waals surface area contributed by atoms with E-state index in [1.54, 1.807) is 6.07 Å². The van der Waals surface area contributed by atoms with Gasteiger partial charge in [0.25, 0.3) is 5.91 Å². The normalized spacial score (nSPS) is 11.3. The minimum absolute atomic E-state index is 0.0678. The molecule has 18 heavy (non-hydrogen) atoms. The van der Waals surface area contributed by atoms with Crippen LogP contribution in [0.2, 0.25) is 0 Å². The predicted molar refractivity (Wildman–Crippen MR) is 76.7 cm³/mol. The molecule has 1 aromatic carbocycles. The third-order valence-electron chi connectivity index (χ3n) is 3.86. The number of aryl methyl sites for hydroxylation is 1. The maximum atomic E-state index is 12.3. The van der Waals surface area contributed by atoms with Gasteiger partial charge >= 0.3 is 0 Å². The van der Waals surface area contributed by atoms with E-state index in [0.717, 1.165) is 24.8 Å². The summed E-state index contributed by atoms with van der Waals surface area (Å²) in [7, 11) is 0. The van der Waals surface area contributed by atoms with E-state index in [2.05, 4.69) is 26.1 Å². The van der Waals surface area contributed by atoms with Gasteiger partial charge in [0.1, 0.15) is 0 Å². The van der Waals surface area contributed by atoms with Crippen molar-refractivity contribution >= 4 is 11.6 Å². The lowest BCUT2D eigenvalue weighted by Crippen LogP contribution is -2.47. The van der Waals surface area contributed by atoms with E-state index in [4.69, 9.17) is 5.73 Å². The van der Waals surface area contributed by atoms with E-state index >= 15 is 0 Å². The van der Waals surface area contributed by atoms with Crippen molar-refractivity contribution in [2.24, 2.45) is 0 Å². The first-order chi connectivity index (χ1) is 8.48. The Morgan fingerprint density at radius 1 is 1.22 bits per heavy atom. The van der Waals surface area contributed by atoms with E-state index in [-0.39, 0.29) is 11.4 Å². The van der Waals surface area contributed by atoms with Gasteiger partial charge in [-0.25, -0.2) is 0 Å². The molecule has 1 aromatic rings. The minimum atomic E-state index is -0.118. The van der Waals surface area contributed by atoms with Gasteiger partial charge in [0, 0.05) is 11.2 Å². The maximum absolute atomic E-state index is 12.3. The van der Waals surface area contributed by atoms with Crippen molar-refractivity contribution in [2.75, 3.05) is 5.73 Å². The Morgan fingerprint density at radius 3 is 2.28 bits per heavy atom. The van der Waals surface area contributed by atoms with E-state index < -0.39 is 0 Å². The van der Waals surface area contributed by atoms with Gasteiger partial charge in [-0.05, 0) is 38.3 Å². The molecule has 0 atom stereocenters. The second kappa shape index (κ2) is 5.89. The fourth-order valence-corrected chi connectivity index (χ4v) is 2.19. The van der Waals surface area contributed by atoms with Crippen molar-refractivity contribution < 1.29 is 4.79 Å². The molecule has 0 heterocycles. The third-order valence-corrected chi connectivity index (χ3v) is 3.86. The third kappa shape index (κ3) is 3.03. The summed E-state index contributed by atoms with van der Waals surface area (Å²) in [5, 5.41) is 3.14. The highest BCUT2D eigenvalue weighted by Gasteiger charge is 2.26. The number of benzene rings is 1. The molecule has 0 radical (unpaired) electrons. The van der Waals surface area contributed by atoms with Gasteiger partial charge in [-0.1, -0.05) is 32.4 Å². The lowest BCUT2D eigenvalue weighted by atomic mass is 9.89. The van der Waals surface area contributed by atoms with Crippen LogP contribution in [0.1, 0.15) is 56.0 Å². The number of nitrogen functional groups attached to an aromatic ring is 1. The van der Waals surface area contributed by atoms with Crippen LogP contribution in [-0.2, 0) is 0 Å². The number of hydrogen-bond donors (Lipinski definition) is 2. The lowest BCUT2D eigenvalue weighted by Gasteiger charge is -2.32. The Kier molecular flexibility index (Phi) is 4.76. The Balaban J connectivity index is 2.97. The van der Waals surface area contributed by atoms with Crippen LogP contribution in [0.5, 0.6) is 0 Å². The molecule has 0 aromatic heterocycles. The zero-order valence-corrected chi connectivity index (χ0v) is 11.8. The molecule has 100 valence electrons. The fraction of sp³-hybridized carbons (Fsp3) is 0.533. The van der Waals surface area contributed by atoms with Crippen LogP contribution in [-0.4, -0.2) is 11.4 Å². The molecule has 0 aliphatic heterocycles. The average Bonchev–Trinajstić information content (AvgIpc) is 2.38. The minimum Gasteiger partial charge on any atom is -0.398 e. The highest BCUT2D eigenvalue weighted by Crippen LogP contribution is 2.21. The molecule has 0 saturated heterocycles. The van der Waals surface area contributed by atoms with E-state index in [1.165, 1.54) is 0 Å². The smallest absolute Gasteiger partial charge is 0.253 e. The van der Waals surface area contributed by atoms with Crippen LogP contribution in [0.25, 0.3) is 0 Å². The molecule has 0 aliphatic carbocycles. The SMILES string of the molecule is CCC(CC)(CC)NC(=O)c1cc(C)ccc1N. The number of anilines is 1. The molecule has 1 rings (SSSR count). The van der Waals surface area contributed by atoms with Gasteiger partial charge in [0.15, 0.2) is 0 Å². The maximum Gasteiger partial charge on any atom is 0.253 e. The monoisotopic (exact) mass is 248 g/mol. The molecule has 0 bridgehead atoms. The number of carbonyl (C=O) groups excluding carboxylic acids is 1. The second-order valence-corrected chi connectivity index (χ2v) is 4.89. The van der Waals surface area contributed by atoms with Crippen molar-refractivity contribution in [3.8, 4) is 0 Å². The summed E-state index contributed by atoms with van der Waals surface area (Å²) >= 11 is 0. The molecule has 1 amide bonds. The number of amides is 1. The molecule has 0 saturated carbocycles. The Hall–Kier alpha value is -1.51. The standard InChI is InChI=1S/C15H24N2O/c1-5-15(6-2,7-3)17-14(18)12-10-11(4)8-9-13(12)16/h8-10H,5-7,16H2,1-4H3,(H,17,18). The molecule has 0 unspecified atom stereocenters. The van der Waals surface area contributed by atoms with Crippen LogP contribution in [0.4, 0.5) is 5.69 Å². The van der Waals surface area contributed by atoms with E-state index in [9.17, 15) is 4.79 Å². The first-order valence-electron chi connectivity index (χ1n) is 6.66. The second-order valence-electron chi connectivity index (χ2n) is 4.89. The molecule has 3 nitrogen and oxygen atoms in total. The summed E-state index contributed by atoms with van der Waals surface area (Å²) in [6.45, 7) is 8.27. The number of hydrogen-bond acceptors (Lipinski definition) is 2. The van der Waals surface area contributed by atoms with E-state index in [1.807, 2.05) is 19.1 Å². The van der Waals surface area contributed by atoms with Crippen LogP contribution in [0, 0.1) is 6.92 Å². The zero-order chi connectivity index (χ0) is 13.8. The number of carbonyl (C=O) groups is 1. The molecular weight excluding hydrogens is 224 g/mol. The van der Waals surface area contributed by atoms with Gasteiger partial charge in [0.05, 0.1) is 5.56 Å². The largest absolute Gasteiger partial charge is 0.398 e. The summed E-state index contributed by atoms with van der Waals surface area (Å²) in [6, 6.07) is 5.55. The molecular formula is C15H24N2O. The van der Waals surface area contributed by atoms with Crippen LogP contribution < -0.4 is 11.1 Å². The predicted octanol–water partition coefficient (Wildman–Crippen LogP) is 3.28. The van der Waals surface area contributed by atoms with Crippen molar-refractivity contribution in [2.45, 2.75) is 52.5 Å². The van der Waals surface area contributed by atoms with Crippen LogP contribution >= 0.6 is 0 Å². The van der Waals surface area contributed by atoms with Gasteiger partial charge in [0.2, 0.25) is 0 Å². The van der Waals surface area contributed by atoms with Crippen molar-refractivity contribution in [1.82, 2.24) is 5.32 Å². The lowest BCUT2D eigenvalue weighted by molar-refractivity contribution is 0.0889. The Morgan fingerprint density at radius 2 is 1.78 bits per heavy atom. The molecule has 0 aliphatic rings. The van der Waals surface area contributed by atoms with Crippen LogP contribution in [0.3, 0.4) is 0 Å². The van der Waals surface area contributed by atoms with Crippen molar-refractivity contribution in [1.29, 1.82) is 0 Å². The van der Waals surface area contributed by atoms with Gasteiger partial charge in [-0.15, -0.1) is 0 Å². The molecule has 0 fully saturated rings. The first-order valence-corrected chi connectivity index (χ1v) is 6.66. The zero-order valence-electron chi connectivity index (χ0n) is 11.8. The van der Waals surface area contributed by atoms with Crippen LogP contribution in [0.15, 0.2) is 18.2 Å². The topological polar surface area (TPSA) is 55.1 Å². The fourth-order valence-electron chi connectivity index (χ4n) is 2.19. The quantitative estimate of drug-likeness (QED) is 0.786. The summed E-state index contributed by atoms with van der Waals surface area (Å²) in [4.78, 5) is 12.3. The molecule has 3 N–H and O–H groups in total. The highest BCUT2D eigenvalue weighted by atomic mass is 16.1. The summed E-state index contributed by atoms with van der Waals surface area (Å²) in [6.07, 6.45) is 2.78. The van der Waals surface area contributed by atoms with Gasteiger partial charge < -0.3 is 11.1 Å². The van der Waals surface area contributed by atoms with Gasteiger partial charge in [-0.3, -0.25) is 4.79 Å². The average molecular weight is 248 g/mol. The number of nitrogens with two attached hydrogens (primary N) is 1.